The molecule has 1 aromatic rings. The van der Waals surface area contributed by atoms with Crippen LogP contribution >= 0.6 is 28.5 Å². The van der Waals surface area contributed by atoms with Gasteiger partial charge in [0.05, 0.1) is 12.4 Å². The summed E-state index contributed by atoms with van der Waals surface area (Å²) in [5, 5.41) is 0. The van der Waals surface area contributed by atoms with Crippen molar-refractivity contribution in [3.63, 3.8) is 0 Å². The largest absolute Gasteiger partial charge is 0.315 e. The molecule has 0 aromatic heterocycles. The third-order valence-electron chi connectivity index (χ3n) is 2.50. The normalized spacial score (nSPS) is 13.4. The minimum Gasteiger partial charge on any atom is -0.315 e. The lowest BCUT2D eigenvalue weighted by molar-refractivity contribution is -0.115. The molecule has 0 spiro atoms. The van der Waals surface area contributed by atoms with Gasteiger partial charge < -0.3 is 9.42 Å². The van der Waals surface area contributed by atoms with Crippen LogP contribution in [0, 0.1) is 0 Å². The maximum atomic E-state index is 12.5. The molecule has 0 heterocycles. The zero-order valence-corrected chi connectivity index (χ0v) is 14.8. The molecule has 1 aromatic carbocycles. The van der Waals surface area contributed by atoms with Gasteiger partial charge in [0.25, 0.3) is 0 Å². The molecule has 7 heteroatoms. The number of carbonyl (C=O) groups is 1. The molecular weight excluding hydrogens is 325 g/mol. The SMILES string of the molecule is C=CCSP(=O)(OCC)SCC(=O)N(C)c1ccccc1. The van der Waals surface area contributed by atoms with Crippen molar-refractivity contribution >= 4 is 40.1 Å². The van der Waals surface area contributed by atoms with E-state index in [0.29, 0.717) is 12.4 Å². The number of hydrogen-bond donors (Lipinski definition) is 0. The fourth-order valence-electron chi connectivity index (χ4n) is 1.44. The number of para-hydroxylation sites is 1. The highest BCUT2D eigenvalue weighted by Gasteiger charge is 2.26. The van der Waals surface area contributed by atoms with Crippen LogP contribution in [0.1, 0.15) is 6.92 Å². The third-order valence-corrected chi connectivity index (χ3v) is 9.73. The molecule has 4 nitrogen and oxygen atoms in total. The molecule has 0 aliphatic rings. The molecule has 0 saturated heterocycles. The number of benzene rings is 1. The van der Waals surface area contributed by atoms with Crippen molar-refractivity contribution in [1.29, 1.82) is 0 Å². The van der Waals surface area contributed by atoms with Gasteiger partial charge in [-0.25, -0.2) is 0 Å². The molecule has 1 amide bonds. The van der Waals surface area contributed by atoms with Crippen LogP contribution in [0.3, 0.4) is 0 Å². The zero-order valence-electron chi connectivity index (χ0n) is 12.2. The molecule has 0 aliphatic heterocycles. The smallest absolute Gasteiger partial charge is 0.313 e. The van der Waals surface area contributed by atoms with E-state index in [1.165, 1.54) is 11.4 Å². The summed E-state index contributed by atoms with van der Waals surface area (Å²) < 4.78 is 17.9. The van der Waals surface area contributed by atoms with E-state index < -0.39 is 5.77 Å². The van der Waals surface area contributed by atoms with E-state index in [0.717, 1.165) is 17.1 Å². The van der Waals surface area contributed by atoms with Gasteiger partial charge in [-0.1, -0.05) is 35.7 Å². The predicted molar refractivity (Wildman–Crippen MR) is 94.2 cm³/mol. The van der Waals surface area contributed by atoms with Gasteiger partial charge in [-0.2, -0.15) is 0 Å². The minimum atomic E-state index is -2.91. The summed E-state index contributed by atoms with van der Waals surface area (Å²) in [4.78, 5) is 13.7. The Morgan fingerprint density at radius 2 is 2.05 bits per heavy atom. The fraction of sp³-hybridized carbons (Fsp3) is 0.357. The first-order valence-electron chi connectivity index (χ1n) is 6.48. The van der Waals surface area contributed by atoms with Crippen LogP contribution in [-0.4, -0.2) is 31.1 Å². The van der Waals surface area contributed by atoms with E-state index >= 15 is 0 Å². The number of nitrogens with zero attached hydrogens (tertiary/aromatic N) is 1. The molecule has 1 rings (SSSR count). The number of carbonyl (C=O) groups excluding carboxylic acids is 1. The first-order valence-corrected chi connectivity index (χ1v) is 11.3. The highest BCUT2D eigenvalue weighted by molar-refractivity contribution is 8.89. The molecule has 0 saturated carbocycles. The van der Waals surface area contributed by atoms with Crippen LogP contribution in [0.15, 0.2) is 43.0 Å². The van der Waals surface area contributed by atoms with Crippen LogP contribution in [0.2, 0.25) is 0 Å². The second-order valence-electron chi connectivity index (χ2n) is 4.01. The van der Waals surface area contributed by atoms with Gasteiger partial charge in [0.15, 0.2) is 0 Å². The van der Waals surface area contributed by atoms with E-state index in [-0.39, 0.29) is 11.7 Å². The van der Waals surface area contributed by atoms with Gasteiger partial charge in [0.2, 0.25) is 5.91 Å². The van der Waals surface area contributed by atoms with Gasteiger partial charge in [-0.05, 0) is 30.4 Å². The monoisotopic (exact) mass is 345 g/mol. The molecule has 116 valence electrons. The zero-order chi connectivity index (χ0) is 15.7. The summed E-state index contributed by atoms with van der Waals surface area (Å²) in [6.45, 7) is 5.75. The van der Waals surface area contributed by atoms with Gasteiger partial charge in [0, 0.05) is 18.5 Å². The fourth-order valence-corrected chi connectivity index (χ4v) is 7.40. The topological polar surface area (TPSA) is 46.6 Å². The predicted octanol–water partition coefficient (Wildman–Crippen LogP) is 4.45. The molecule has 0 aliphatic carbocycles. The Kier molecular flexibility index (Phi) is 8.19. The van der Waals surface area contributed by atoms with Gasteiger partial charge >= 0.3 is 5.77 Å². The minimum absolute atomic E-state index is 0.106. The summed E-state index contributed by atoms with van der Waals surface area (Å²) in [5.41, 5.74) is 0.813. The Labute approximate surface area is 134 Å². The molecule has 0 radical (unpaired) electrons. The van der Waals surface area contributed by atoms with Gasteiger partial charge in [-0.15, -0.1) is 6.58 Å². The summed E-state index contributed by atoms with van der Waals surface area (Å²) in [6, 6.07) is 9.36. The Morgan fingerprint density at radius 3 is 2.62 bits per heavy atom. The van der Waals surface area contributed by atoms with Crippen molar-refractivity contribution in [2.75, 3.05) is 30.1 Å². The van der Waals surface area contributed by atoms with Crippen LogP contribution in [-0.2, 0) is 13.9 Å². The molecule has 1 unspecified atom stereocenters. The Bertz CT molecular complexity index is 510. The molecule has 0 N–H and O–H groups in total. The van der Waals surface area contributed by atoms with Crippen molar-refractivity contribution in [2.24, 2.45) is 0 Å². The first kappa shape index (κ1) is 18.4. The van der Waals surface area contributed by atoms with Gasteiger partial charge in [0.1, 0.15) is 0 Å². The summed E-state index contributed by atoms with van der Waals surface area (Å²) in [7, 11) is 1.71. The molecule has 21 heavy (non-hydrogen) atoms. The van der Waals surface area contributed by atoms with Crippen LogP contribution in [0.25, 0.3) is 0 Å². The summed E-state index contributed by atoms with van der Waals surface area (Å²) in [6.07, 6.45) is 1.68. The van der Waals surface area contributed by atoms with Crippen molar-refractivity contribution in [2.45, 2.75) is 6.92 Å². The Morgan fingerprint density at radius 1 is 1.38 bits per heavy atom. The number of rotatable bonds is 9. The van der Waals surface area contributed by atoms with E-state index in [1.807, 2.05) is 30.3 Å². The third kappa shape index (κ3) is 6.30. The van der Waals surface area contributed by atoms with E-state index in [2.05, 4.69) is 6.58 Å². The maximum absolute atomic E-state index is 12.5. The van der Waals surface area contributed by atoms with E-state index in [1.54, 1.807) is 24.9 Å². The molecular formula is C14H20NO3PS2. The lowest BCUT2D eigenvalue weighted by Crippen LogP contribution is -2.27. The Balaban J connectivity index is 2.61. The van der Waals surface area contributed by atoms with Crippen molar-refractivity contribution in [1.82, 2.24) is 0 Å². The van der Waals surface area contributed by atoms with Crippen molar-refractivity contribution in [3.05, 3.63) is 43.0 Å². The molecule has 0 bridgehead atoms. The highest BCUT2D eigenvalue weighted by Crippen LogP contribution is 2.69. The molecule has 0 fully saturated rings. The van der Waals surface area contributed by atoms with Crippen LogP contribution in [0.5, 0.6) is 0 Å². The lowest BCUT2D eigenvalue weighted by Gasteiger charge is -2.19. The van der Waals surface area contributed by atoms with Crippen LogP contribution in [0.4, 0.5) is 5.69 Å². The number of hydrogen-bond acceptors (Lipinski definition) is 5. The van der Waals surface area contributed by atoms with Crippen LogP contribution < -0.4 is 4.90 Å². The average molecular weight is 345 g/mol. The van der Waals surface area contributed by atoms with E-state index in [4.69, 9.17) is 4.52 Å². The molecule has 1 atom stereocenters. The van der Waals surface area contributed by atoms with Gasteiger partial charge in [-0.3, -0.25) is 9.36 Å². The summed E-state index contributed by atoms with van der Waals surface area (Å²) in [5.74, 6) is -2.36. The number of amides is 1. The van der Waals surface area contributed by atoms with E-state index in [9.17, 15) is 9.36 Å². The number of anilines is 1. The standard InChI is InChI=1S/C14H20NO3PS2/c1-4-11-20-19(17,18-5-2)21-12-14(16)15(3)13-9-7-6-8-10-13/h4,6-10H,1,5,11-12H2,2-3H3. The quantitative estimate of drug-likeness (QED) is 0.489. The lowest BCUT2D eigenvalue weighted by atomic mass is 10.3. The summed E-state index contributed by atoms with van der Waals surface area (Å²) >= 11 is 2.28. The average Bonchev–Trinajstić information content (AvgIpc) is 2.51. The Hall–Kier alpha value is -0.680. The maximum Gasteiger partial charge on any atom is 0.313 e. The first-order chi connectivity index (χ1) is 10.0. The second-order valence-corrected chi connectivity index (χ2v) is 11.4. The van der Waals surface area contributed by atoms with Crippen molar-refractivity contribution in [3.8, 4) is 0 Å². The van der Waals surface area contributed by atoms with Crippen molar-refractivity contribution < 1.29 is 13.9 Å². The second kappa shape index (κ2) is 9.36. The highest BCUT2D eigenvalue weighted by atomic mass is 33.1.